The summed E-state index contributed by atoms with van der Waals surface area (Å²) in [6.45, 7) is 3.41. The molecule has 6 heteroatoms. The molecule has 0 radical (unpaired) electrons. The minimum atomic E-state index is -0.264. The van der Waals surface area contributed by atoms with Gasteiger partial charge in [-0.05, 0) is 54.8 Å². The van der Waals surface area contributed by atoms with Crippen molar-refractivity contribution >= 4 is 28.1 Å². The maximum atomic E-state index is 14.1. The summed E-state index contributed by atoms with van der Waals surface area (Å²) in [7, 11) is 1.64. The summed E-state index contributed by atoms with van der Waals surface area (Å²) in [5.41, 5.74) is 5.53. The first kappa shape index (κ1) is 22.7. The molecule has 184 valence electrons. The number of nitrogens with zero attached hydrogens (tertiary/aromatic N) is 2. The number of aryl methyl sites for hydroxylation is 1. The topological polar surface area (TPSA) is 60.6 Å². The van der Waals surface area contributed by atoms with E-state index in [-0.39, 0.29) is 17.9 Å². The Balaban J connectivity index is 1.28. The van der Waals surface area contributed by atoms with Crippen molar-refractivity contribution in [3.05, 3.63) is 90.1 Å². The van der Waals surface area contributed by atoms with Crippen LogP contribution in [0, 0.1) is 0 Å². The molecule has 6 rings (SSSR count). The van der Waals surface area contributed by atoms with Crippen LogP contribution >= 0.6 is 0 Å². The van der Waals surface area contributed by atoms with Gasteiger partial charge in [0.15, 0.2) is 5.78 Å². The lowest BCUT2D eigenvalue weighted by molar-refractivity contribution is 0.0768. The Hall–Kier alpha value is -3.77. The lowest BCUT2D eigenvalue weighted by atomic mass is 9.88. The number of carbonyl (C=O) groups is 1. The van der Waals surface area contributed by atoms with Gasteiger partial charge in [0.2, 0.25) is 0 Å². The highest BCUT2D eigenvalue weighted by atomic mass is 16.5. The number of anilines is 2. The van der Waals surface area contributed by atoms with Gasteiger partial charge >= 0.3 is 0 Å². The molecule has 3 heterocycles. The van der Waals surface area contributed by atoms with Crippen LogP contribution in [0.5, 0.6) is 5.75 Å². The minimum Gasteiger partial charge on any atom is -0.496 e. The first-order chi connectivity index (χ1) is 17.7. The van der Waals surface area contributed by atoms with Crippen LogP contribution in [0.2, 0.25) is 0 Å². The van der Waals surface area contributed by atoms with Gasteiger partial charge in [-0.25, -0.2) is 0 Å². The smallest absolute Gasteiger partial charge is 0.185 e. The number of fused-ring (bicyclic) bond motifs is 2. The van der Waals surface area contributed by atoms with Gasteiger partial charge in [-0.3, -0.25) is 9.69 Å². The van der Waals surface area contributed by atoms with E-state index in [1.54, 1.807) is 7.11 Å². The van der Waals surface area contributed by atoms with Gasteiger partial charge in [-0.2, -0.15) is 0 Å². The second-order valence-corrected chi connectivity index (χ2v) is 9.70. The number of ketones is 1. The SMILES string of the molecule is COc1ccccc1C(=O)C(C1CCc2ccccc2N1)N1CCN(c2cccc3[nH]ccc23)CC1. The summed E-state index contributed by atoms with van der Waals surface area (Å²) in [6.07, 6.45) is 3.89. The van der Waals surface area contributed by atoms with E-state index in [4.69, 9.17) is 4.74 Å². The predicted octanol–water partition coefficient (Wildman–Crippen LogP) is 4.98. The largest absolute Gasteiger partial charge is 0.496 e. The van der Waals surface area contributed by atoms with Crippen molar-refractivity contribution in [2.75, 3.05) is 43.5 Å². The Bertz CT molecular complexity index is 1370. The Kier molecular flexibility index (Phi) is 6.11. The number of Topliss-reactive ketones (excluding diaryl/α,β-unsaturated/α-hetero) is 1. The van der Waals surface area contributed by atoms with E-state index in [1.165, 1.54) is 16.6 Å². The third kappa shape index (κ3) is 4.11. The normalized spacial score (nSPS) is 18.9. The highest BCUT2D eigenvalue weighted by molar-refractivity contribution is 6.03. The third-order valence-electron chi connectivity index (χ3n) is 7.73. The molecule has 2 N–H and O–H groups in total. The van der Waals surface area contributed by atoms with Crippen LogP contribution in [0.3, 0.4) is 0 Å². The van der Waals surface area contributed by atoms with Crippen LogP contribution in [0.4, 0.5) is 11.4 Å². The first-order valence-corrected chi connectivity index (χ1v) is 12.8. The molecule has 0 spiro atoms. The number of carbonyl (C=O) groups excluding carboxylic acids is 1. The molecule has 1 saturated heterocycles. The van der Waals surface area contributed by atoms with Gasteiger partial charge < -0.3 is 19.9 Å². The van der Waals surface area contributed by atoms with Crippen LogP contribution < -0.4 is 15.0 Å². The Morgan fingerprint density at radius 3 is 2.61 bits per heavy atom. The molecule has 0 amide bonds. The number of aromatic amines is 1. The van der Waals surface area contributed by atoms with E-state index in [9.17, 15) is 4.79 Å². The van der Waals surface area contributed by atoms with E-state index in [0.717, 1.165) is 50.2 Å². The number of aromatic nitrogens is 1. The number of piperazine rings is 1. The first-order valence-electron chi connectivity index (χ1n) is 12.8. The van der Waals surface area contributed by atoms with Crippen molar-refractivity contribution in [1.29, 1.82) is 0 Å². The molecule has 1 aromatic heterocycles. The Morgan fingerprint density at radius 2 is 1.75 bits per heavy atom. The predicted molar refractivity (Wildman–Crippen MR) is 145 cm³/mol. The average Bonchev–Trinajstić information content (AvgIpc) is 3.43. The van der Waals surface area contributed by atoms with Crippen LogP contribution in [0.25, 0.3) is 10.9 Å². The van der Waals surface area contributed by atoms with Crippen molar-refractivity contribution < 1.29 is 9.53 Å². The van der Waals surface area contributed by atoms with E-state index in [0.29, 0.717) is 11.3 Å². The molecule has 4 aromatic rings. The lowest BCUT2D eigenvalue weighted by Crippen LogP contribution is -2.58. The number of H-pyrrole nitrogens is 1. The second kappa shape index (κ2) is 9.70. The van der Waals surface area contributed by atoms with E-state index in [2.05, 4.69) is 68.6 Å². The van der Waals surface area contributed by atoms with Crippen molar-refractivity contribution in [3.63, 3.8) is 0 Å². The summed E-state index contributed by atoms with van der Waals surface area (Å²) in [6, 6.07) is 24.4. The molecule has 0 aliphatic carbocycles. The Labute approximate surface area is 211 Å². The molecule has 2 aliphatic heterocycles. The van der Waals surface area contributed by atoms with Crippen molar-refractivity contribution in [2.24, 2.45) is 0 Å². The number of para-hydroxylation sites is 2. The summed E-state index contributed by atoms with van der Waals surface area (Å²) < 4.78 is 5.58. The number of rotatable bonds is 6. The van der Waals surface area contributed by atoms with Crippen LogP contribution in [-0.4, -0.2) is 61.0 Å². The molecular formula is C30H32N4O2. The summed E-state index contributed by atoms with van der Waals surface area (Å²) >= 11 is 0. The summed E-state index contributed by atoms with van der Waals surface area (Å²) in [5.74, 6) is 0.770. The molecule has 6 nitrogen and oxygen atoms in total. The van der Waals surface area contributed by atoms with Gasteiger partial charge in [0.25, 0.3) is 0 Å². The second-order valence-electron chi connectivity index (χ2n) is 9.70. The van der Waals surface area contributed by atoms with E-state index in [1.807, 2.05) is 30.5 Å². The van der Waals surface area contributed by atoms with Crippen molar-refractivity contribution in [2.45, 2.75) is 24.9 Å². The molecule has 2 aliphatic rings. The zero-order chi connectivity index (χ0) is 24.5. The maximum Gasteiger partial charge on any atom is 0.185 e. The lowest BCUT2D eigenvalue weighted by Gasteiger charge is -2.44. The van der Waals surface area contributed by atoms with Gasteiger partial charge in [-0.15, -0.1) is 0 Å². The summed E-state index contributed by atoms with van der Waals surface area (Å²) in [5, 5.41) is 4.97. The fourth-order valence-electron chi connectivity index (χ4n) is 5.89. The van der Waals surface area contributed by atoms with E-state index >= 15 is 0 Å². The highest BCUT2D eigenvalue weighted by Gasteiger charge is 2.38. The van der Waals surface area contributed by atoms with Crippen molar-refractivity contribution in [1.82, 2.24) is 9.88 Å². The molecule has 1 fully saturated rings. The molecular weight excluding hydrogens is 448 g/mol. The molecule has 0 bridgehead atoms. The number of hydrogen-bond acceptors (Lipinski definition) is 5. The zero-order valence-electron chi connectivity index (χ0n) is 20.6. The van der Waals surface area contributed by atoms with Crippen LogP contribution in [-0.2, 0) is 6.42 Å². The zero-order valence-corrected chi connectivity index (χ0v) is 20.6. The van der Waals surface area contributed by atoms with Gasteiger partial charge in [0, 0.05) is 60.7 Å². The molecule has 2 atom stereocenters. The highest BCUT2D eigenvalue weighted by Crippen LogP contribution is 2.32. The van der Waals surface area contributed by atoms with E-state index < -0.39 is 0 Å². The number of benzene rings is 3. The third-order valence-corrected chi connectivity index (χ3v) is 7.73. The molecule has 36 heavy (non-hydrogen) atoms. The Morgan fingerprint density at radius 1 is 0.944 bits per heavy atom. The molecule has 2 unspecified atom stereocenters. The molecule has 0 saturated carbocycles. The standard InChI is InChI=1S/C30H32N4O2/c1-36-28-12-5-3-8-23(28)30(35)29(26-14-13-21-7-2-4-9-24(21)32-26)34-19-17-33(18-20-34)27-11-6-10-25-22(27)15-16-31-25/h2-12,15-16,26,29,31-32H,13-14,17-20H2,1H3. The van der Waals surface area contributed by atoms with Crippen LogP contribution in [0.1, 0.15) is 22.3 Å². The average molecular weight is 481 g/mol. The van der Waals surface area contributed by atoms with Gasteiger partial charge in [-0.1, -0.05) is 36.4 Å². The number of nitrogens with one attached hydrogen (secondary N) is 2. The number of methoxy groups -OCH3 is 1. The monoisotopic (exact) mass is 480 g/mol. The van der Waals surface area contributed by atoms with Crippen molar-refractivity contribution in [3.8, 4) is 5.75 Å². The minimum absolute atomic E-state index is 0.0389. The molecule has 3 aromatic carbocycles. The van der Waals surface area contributed by atoms with Gasteiger partial charge in [0.1, 0.15) is 5.75 Å². The quantitative estimate of drug-likeness (QED) is 0.381. The van der Waals surface area contributed by atoms with Crippen LogP contribution in [0.15, 0.2) is 79.0 Å². The van der Waals surface area contributed by atoms with Gasteiger partial charge in [0.05, 0.1) is 18.7 Å². The fourth-order valence-corrected chi connectivity index (χ4v) is 5.89. The summed E-state index contributed by atoms with van der Waals surface area (Å²) in [4.78, 5) is 22.3. The fraction of sp³-hybridized carbons (Fsp3) is 0.300. The number of hydrogen-bond donors (Lipinski definition) is 2. The number of ether oxygens (including phenoxy) is 1. The maximum absolute atomic E-state index is 14.1.